The summed E-state index contributed by atoms with van der Waals surface area (Å²) in [6.07, 6.45) is -23.1. The first-order valence-corrected chi connectivity index (χ1v) is 15.9. The van der Waals surface area contributed by atoms with Gasteiger partial charge in [0.15, 0.2) is 18.5 Å². The number of hydrogen-bond acceptors (Lipinski definition) is 19. The first-order valence-electron chi connectivity index (χ1n) is 15.9. The molecule has 3 fully saturated rings. The van der Waals surface area contributed by atoms with Gasteiger partial charge in [0.2, 0.25) is 12.6 Å². The summed E-state index contributed by atoms with van der Waals surface area (Å²) in [4.78, 5) is 0. The zero-order chi connectivity index (χ0) is 36.7. The number of rotatable bonds is 9. The Hall–Kier alpha value is -3.38. The van der Waals surface area contributed by atoms with Crippen molar-refractivity contribution in [3.63, 3.8) is 0 Å². The average Bonchev–Trinajstić information content (AvgIpc) is 3.11. The van der Waals surface area contributed by atoms with Crippen molar-refractivity contribution in [2.45, 2.75) is 92.1 Å². The van der Waals surface area contributed by atoms with E-state index in [4.69, 9.17) is 33.2 Å². The zero-order valence-corrected chi connectivity index (χ0v) is 26.5. The highest BCUT2D eigenvalue weighted by Crippen LogP contribution is 2.46. The monoisotopic (exact) mass is 728 g/mol. The van der Waals surface area contributed by atoms with E-state index in [0.29, 0.717) is 5.56 Å². The fourth-order valence-corrected chi connectivity index (χ4v) is 6.08. The molecule has 6 rings (SSSR count). The van der Waals surface area contributed by atoms with Crippen LogP contribution < -0.4 is 9.47 Å². The Kier molecular flexibility index (Phi) is 11.2. The Labute approximate surface area is 288 Å². The van der Waals surface area contributed by atoms with Crippen LogP contribution in [0, 0.1) is 0 Å². The van der Waals surface area contributed by atoms with Crippen molar-refractivity contribution in [3.8, 4) is 23.0 Å². The van der Waals surface area contributed by atoms with E-state index in [1.54, 1.807) is 0 Å². The second-order valence-corrected chi connectivity index (χ2v) is 12.5. The molecule has 0 spiro atoms. The predicted molar refractivity (Wildman–Crippen MR) is 163 cm³/mol. The Morgan fingerprint density at radius 3 is 1.94 bits per heavy atom. The second kappa shape index (κ2) is 15.3. The number of benzene rings is 2. The normalized spacial score (nSPS) is 39.7. The smallest absolute Gasteiger partial charge is 0.229 e. The summed E-state index contributed by atoms with van der Waals surface area (Å²) < 4.78 is 40.6. The number of aromatic hydroxyl groups is 2. The third kappa shape index (κ3) is 7.45. The molecule has 0 bridgehead atoms. The summed E-state index contributed by atoms with van der Waals surface area (Å²) in [6.45, 7) is -1.97. The average molecular weight is 729 g/mol. The van der Waals surface area contributed by atoms with Crippen molar-refractivity contribution in [1.29, 1.82) is 0 Å². The van der Waals surface area contributed by atoms with Crippen molar-refractivity contribution < 1.29 is 94.4 Å². The minimum absolute atomic E-state index is 0.00709. The molecule has 0 amide bonds. The van der Waals surface area contributed by atoms with Gasteiger partial charge in [0.05, 0.1) is 25.4 Å². The molecule has 19 heteroatoms. The Balaban J connectivity index is 1.38. The molecule has 3 saturated heterocycles. The first-order chi connectivity index (χ1) is 24.3. The molecule has 0 saturated carbocycles. The summed E-state index contributed by atoms with van der Waals surface area (Å²) >= 11 is 0. The summed E-state index contributed by atoms with van der Waals surface area (Å²) in [5.41, 5.74) is 0.436. The maximum Gasteiger partial charge on any atom is 0.229 e. The lowest BCUT2D eigenvalue weighted by Gasteiger charge is -2.45. The number of ether oxygens (including phenoxy) is 7. The number of phenolic OH excluding ortho intramolecular Hbond substituents is 2. The minimum Gasteiger partial charge on any atom is -0.508 e. The van der Waals surface area contributed by atoms with Gasteiger partial charge in [-0.1, -0.05) is 12.1 Å². The van der Waals surface area contributed by atoms with Crippen molar-refractivity contribution >= 4 is 6.08 Å². The molecule has 12 N–H and O–H groups in total. The molecule has 15 atom stereocenters. The lowest BCUT2D eigenvalue weighted by molar-refractivity contribution is -0.352. The molecule has 4 aliphatic rings. The van der Waals surface area contributed by atoms with E-state index in [-0.39, 0.29) is 34.3 Å². The molecule has 15 unspecified atom stereocenters. The van der Waals surface area contributed by atoms with Crippen LogP contribution in [-0.4, -0.2) is 167 Å². The highest BCUT2D eigenvalue weighted by atomic mass is 16.8. The molecular weight excluding hydrogens is 688 g/mol. The van der Waals surface area contributed by atoms with E-state index in [1.807, 2.05) is 0 Å². The molecule has 2 aromatic rings. The number of hydrogen-bond donors (Lipinski definition) is 12. The lowest BCUT2D eigenvalue weighted by atomic mass is 9.97. The molecule has 2 aromatic carbocycles. The van der Waals surface area contributed by atoms with E-state index in [9.17, 15) is 61.3 Å². The quantitative estimate of drug-likeness (QED) is 0.117. The number of fused-ring (bicyclic) bond motifs is 1. The first kappa shape index (κ1) is 37.4. The molecular formula is C32H40O19. The van der Waals surface area contributed by atoms with Crippen molar-refractivity contribution in [1.82, 2.24) is 0 Å². The lowest BCUT2D eigenvalue weighted by Crippen LogP contribution is -2.63. The van der Waals surface area contributed by atoms with Crippen LogP contribution >= 0.6 is 0 Å². The van der Waals surface area contributed by atoms with Crippen molar-refractivity contribution in [3.05, 3.63) is 53.3 Å². The largest absolute Gasteiger partial charge is 0.508 e. The van der Waals surface area contributed by atoms with E-state index in [0.717, 1.165) is 6.07 Å². The number of aliphatic hydroxyl groups excluding tert-OH is 10. The predicted octanol–water partition coefficient (Wildman–Crippen LogP) is -3.97. The van der Waals surface area contributed by atoms with Gasteiger partial charge in [0.1, 0.15) is 89.8 Å². The third-order valence-electron chi connectivity index (χ3n) is 8.99. The van der Waals surface area contributed by atoms with Crippen LogP contribution in [0.4, 0.5) is 0 Å². The Morgan fingerprint density at radius 1 is 0.647 bits per heavy atom. The SMILES string of the molecule is OCC1OC(Oc2cc(O)cc3c2C=C(OC2OC(CO)C(O)C(O)C2OC2OCC(O)C(O)C2O)C(c2ccc(O)cc2)O3)C(O)C(O)C1O. The van der Waals surface area contributed by atoms with Gasteiger partial charge in [-0.05, 0) is 18.2 Å². The van der Waals surface area contributed by atoms with Gasteiger partial charge in [-0.25, -0.2) is 0 Å². The van der Waals surface area contributed by atoms with Crippen LogP contribution in [-0.2, 0) is 23.7 Å². The van der Waals surface area contributed by atoms with Gasteiger partial charge in [-0.15, -0.1) is 0 Å². The summed E-state index contributed by atoms with van der Waals surface area (Å²) in [5.74, 6) is -0.781. The van der Waals surface area contributed by atoms with E-state index < -0.39 is 112 Å². The molecule has 4 heterocycles. The second-order valence-electron chi connectivity index (χ2n) is 12.5. The molecule has 4 aliphatic heterocycles. The van der Waals surface area contributed by atoms with Crippen LogP contribution in [0.5, 0.6) is 23.0 Å². The Bertz CT molecular complexity index is 1520. The van der Waals surface area contributed by atoms with Crippen molar-refractivity contribution in [2.24, 2.45) is 0 Å². The molecule has 0 aromatic heterocycles. The summed E-state index contributed by atoms with van der Waals surface area (Å²) in [6, 6.07) is 8.02. The molecule has 51 heavy (non-hydrogen) atoms. The van der Waals surface area contributed by atoms with Gasteiger partial charge < -0.3 is 94.4 Å². The maximum absolute atomic E-state index is 11.1. The van der Waals surface area contributed by atoms with E-state index in [2.05, 4.69) is 0 Å². The molecule has 282 valence electrons. The highest BCUT2D eigenvalue weighted by Gasteiger charge is 2.51. The van der Waals surface area contributed by atoms with Crippen LogP contribution in [0.25, 0.3) is 6.08 Å². The molecule has 19 nitrogen and oxygen atoms in total. The van der Waals surface area contributed by atoms with E-state index >= 15 is 0 Å². The van der Waals surface area contributed by atoms with Crippen LogP contribution in [0.1, 0.15) is 17.2 Å². The summed E-state index contributed by atoms with van der Waals surface area (Å²) in [5, 5.41) is 123. The van der Waals surface area contributed by atoms with Gasteiger partial charge in [-0.2, -0.15) is 0 Å². The van der Waals surface area contributed by atoms with Gasteiger partial charge in [0, 0.05) is 17.7 Å². The maximum atomic E-state index is 11.1. The van der Waals surface area contributed by atoms with Gasteiger partial charge in [0.25, 0.3) is 0 Å². The topological polar surface area (TPSA) is 307 Å². The number of aliphatic hydroxyl groups is 10. The van der Waals surface area contributed by atoms with Crippen LogP contribution in [0.2, 0.25) is 0 Å². The Morgan fingerprint density at radius 2 is 1.27 bits per heavy atom. The highest BCUT2D eigenvalue weighted by molar-refractivity contribution is 5.70. The molecule has 0 radical (unpaired) electrons. The van der Waals surface area contributed by atoms with Gasteiger partial charge >= 0.3 is 0 Å². The van der Waals surface area contributed by atoms with E-state index in [1.165, 1.54) is 36.4 Å². The molecule has 0 aliphatic carbocycles. The third-order valence-corrected chi connectivity index (χ3v) is 8.99. The minimum atomic E-state index is -1.84. The fourth-order valence-electron chi connectivity index (χ4n) is 6.08. The van der Waals surface area contributed by atoms with Crippen molar-refractivity contribution in [2.75, 3.05) is 19.8 Å². The van der Waals surface area contributed by atoms with Gasteiger partial charge in [-0.3, -0.25) is 0 Å². The van der Waals surface area contributed by atoms with Crippen LogP contribution in [0.3, 0.4) is 0 Å². The zero-order valence-electron chi connectivity index (χ0n) is 26.5. The number of phenols is 2. The summed E-state index contributed by atoms with van der Waals surface area (Å²) in [7, 11) is 0. The van der Waals surface area contributed by atoms with Crippen LogP contribution in [0.15, 0.2) is 42.2 Å². The standard InChI is InChI=1S/C32H40O19/c33-8-19-22(39)24(41)27(44)31(49-19)47-17-6-13(36)5-16-14(17)7-18(28(46-16)11-1-3-12(35)4-2-11)48-32-29(25(42)23(40)20(9-34)50-32)51-30-26(43)21(38)15(37)10-45-30/h1-7,15,19-44H,8-10H2. The fraction of sp³-hybridized carbons (Fsp3) is 0.562.